The summed E-state index contributed by atoms with van der Waals surface area (Å²) in [7, 11) is 0. The van der Waals surface area contributed by atoms with Crippen LogP contribution in [0, 0.1) is 11.3 Å². The number of benzene rings is 1. The minimum absolute atomic E-state index is 0.703. The van der Waals surface area contributed by atoms with E-state index >= 15 is 0 Å². The summed E-state index contributed by atoms with van der Waals surface area (Å²) in [4.78, 5) is 2.27. The van der Waals surface area contributed by atoms with Gasteiger partial charge in [0.2, 0.25) is 0 Å². The lowest BCUT2D eigenvalue weighted by atomic mass is 10.1. The van der Waals surface area contributed by atoms with Crippen LogP contribution in [0.4, 0.5) is 5.69 Å². The van der Waals surface area contributed by atoms with Gasteiger partial charge in [0, 0.05) is 23.2 Å². The predicted molar refractivity (Wildman–Crippen MR) is 64.8 cm³/mol. The molecule has 3 heteroatoms. The highest BCUT2D eigenvalue weighted by Crippen LogP contribution is 2.23. The van der Waals surface area contributed by atoms with Crippen molar-refractivity contribution in [2.24, 2.45) is 0 Å². The highest BCUT2D eigenvalue weighted by molar-refractivity contribution is 9.10. The summed E-state index contributed by atoms with van der Waals surface area (Å²) < 4.78 is 0.964. The molecule has 0 fully saturated rings. The van der Waals surface area contributed by atoms with Crippen LogP contribution < -0.4 is 4.90 Å². The molecule has 1 aliphatic heterocycles. The van der Waals surface area contributed by atoms with E-state index in [1.54, 1.807) is 0 Å². The van der Waals surface area contributed by atoms with Crippen molar-refractivity contribution in [3.63, 3.8) is 0 Å². The molecule has 0 spiro atoms. The third-order valence-electron chi connectivity index (χ3n) is 2.43. The first-order valence-corrected chi connectivity index (χ1v) is 5.69. The molecule has 2 nitrogen and oxygen atoms in total. The van der Waals surface area contributed by atoms with E-state index in [9.17, 15) is 0 Å². The highest BCUT2D eigenvalue weighted by Gasteiger charge is 2.08. The van der Waals surface area contributed by atoms with Gasteiger partial charge in [-0.3, -0.25) is 0 Å². The van der Waals surface area contributed by atoms with Gasteiger partial charge in [-0.05, 0) is 24.6 Å². The van der Waals surface area contributed by atoms with E-state index in [-0.39, 0.29) is 0 Å². The van der Waals surface area contributed by atoms with Crippen LogP contribution >= 0.6 is 15.9 Å². The summed E-state index contributed by atoms with van der Waals surface area (Å²) in [6.45, 7) is 1.96. The van der Waals surface area contributed by atoms with E-state index < -0.39 is 0 Å². The Labute approximate surface area is 97.9 Å². The van der Waals surface area contributed by atoms with Crippen molar-refractivity contribution in [2.75, 3.05) is 18.0 Å². The van der Waals surface area contributed by atoms with Crippen molar-refractivity contribution < 1.29 is 0 Å². The maximum absolute atomic E-state index is 8.88. The number of nitrogens with zero attached hydrogens (tertiary/aromatic N) is 2. The minimum Gasteiger partial charge on any atom is -0.367 e. The first-order valence-electron chi connectivity index (χ1n) is 4.90. The lowest BCUT2D eigenvalue weighted by Gasteiger charge is -2.25. The van der Waals surface area contributed by atoms with Gasteiger partial charge in [-0.15, -0.1) is 0 Å². The van der Waals surface area contributed by atoms with Gasteiger partial charge in [-0.25, -0.2) is 0 Å². The van der Waals surface area contributed by atoms with Crippen LogP contribution in [0.15, 0.2) is 34.8 Å². The van der Waals surface area contributed by atoms with Crippen LogP contribution in [0.25, 0.3) is 0 Å². The number of rotatable bonds is 1. The SMILES string of the molecule is N#Cc1cc(Br)cc(N2CC=CCC2)c1. The van der Waals surface area contributed by atoms with Crippen LogP contribution in [0.2, 0.25) is 0 Å². The second-order valence-corrected chi connectivity index (χ2v) is 4.43. The van der Waals surface area contributed by atoms with Crippen LogP contribution in [0.5, 0.6) is 0 Å². The molecule has 0 N–H and O–H groups in total. The Bertz CT molecular complexity index is 432. The minimum atomic E-state index is 0.703. The summed E-state index contributed by atoms with van der Waals surface area (Å²) in [6, 6.07) is 8.00. The normalized spacial score (nSPS) is 15.1. The molecule has 1 aromatic rings. The van der Waals surface area contributed by atoms with E-state index in [2.05, 4.69) is 45.1 Å². The quantitative estimate of drug-likeness (QED) is 0.728. The molecule has 0 radical (unpaired) electrons. The largest absolute Gasteiger partial charge is 0.367 e. The lowest BCUT2D eigenvalue weighted by molar-refractivity contribution is 0.820. The average Bonchev–Trinajstić information content (AvgIpc) is 2.29. The fourth-order valence-corrected chi connectivity index (χ4v) is 2.18. The zero-order valence-corrected chi connectivity index (χ0v) is 9.87. The summed E-state index contributed by atoms with van der Waals surface area (Å²) in [5, 5.41) is 8.88. The Morgan fingerprint density at radius 3 is 2.80 bits per heavy atom. The molecule has 1 aromatic carbocycles. The number of hydrogen-bond donors (Lipinski definition) is 0. The molecule has 15 heavy (non-hydrogen) atoms. The monoisotopic (exact) mass is 262 g/mol. The van der Waals surface area contributed by atoms with Crippen molar-refractivity contribution in [3.05, 3.63) is 40.4 Å². The Morgan fingerprint density at radius 1 is 1.27 bits per heavy atom. The van der Waals surface area contributed by atoms with Gasteiger partial charge in [-0.1, -0.05) is 28.1 Å². The van der Waals surface area contributed by atoms with Crippen molar-refractivity contribution >= 4 is 21.6 Å². The fraction of sp³-hybridized carbons (Fsp3) is 0.250. The molecule has 1 aliphatic rings. The van der Waals surface area contributed by atoms with E-state index in [4.69, 9.17) is 5.26 Å². The van der Waals surface area contributed by atoms with Gasteiger partial charge < -0.3 is 4.90 Å². The molecule has 1 heterocycles. The summed E-state index contributed by atoms with van der Waals surface area (Å²) in [6.07, 6.45) is 5.44. The second kappa shape index (κ2) is 4.50. The Hall–Kier alpha value is -1.27. The number of anilines is 1. The van der Waals surface area contributed by atoms with Crippen molar-refractivity contribution in [1.29, 1.82) is 5.26 Å². The van der Waals surface area contributed by atoms with Crippen LogP contribution in [0.1, 0.15) is 12.0 Å². The fourth-order valence-electron chi connectivity index (χ4n) is 1.70. The summed E-state index contributed by atoms with van der Waals surface area (Å²) in [5.41, 5.74) is 1.82. The Balaban J connectivity index is 2.31. The smallest absolute Gasteiger partial charge is 0.0992 e. The molecule has 0 saturated carbocycles. The molecule has 0 atom stereocenters. The predicted octanol–water partition coefficient (Wildman–Crippen LogP) is 3.09. The van der Waals surface area contributed by atoms with Gasteiger partial charge in [-0.2, -0.15) is 5.26 Å². The molecule has 0 aliphatic carbocycles. The van der Waals surface area contributed by atoms with Crippen molar-refractivity contribution in [2.45, 2.75) is 6.42 Å². The number of nitriles is 1. The topological polar surface area (TPSA) is 27.0 Å². The first-order chi connectivity index (χ1) is 7.29. The maximum Gasteiger partial charge on any atom is 0.0992 e. The zero-order chi connectivity index (χ0) is 10.7. The van der Waals surface area contributed by atoms with E-state index in [0.29, 0.717) is 5.56 Å². The molecule has 0 saturated heterocycles. The van der Waals surface area contributed by atoms with Crippen molar-refractivity contribution in [1.82, 2.24) is 0 Å². The lowest BCUT2D eigenvalue weighted by Crippen LogP contribution is -2.26. The Morgan fingerprint density at radius 2 is 2.13 bits per heavy atom. The van der Waals surface area contributed by atoms with E-state index in [0.717, 1.165) is 29.7 Å². The van der Waals surface area contributed by atoms with Crippen LogP contribution in [0.3, 0.4) is 0 Å². The molecule has 0 aromatic heterocycles. The summed E-state index contributed by atoms with van der Waals surface area (Å²) in [5.74, 6) is 0. The average molecular weight is 263 g/mol. The van der Waals surface area contributed by atoms with Gasteiger partial charge in [0.05, 0.1) is 11.6 Å². The zero-order valence-electron chi connectivity index (χ0n) is 8.28. The van der Waals surface area contributed by atoms with Crippen LogP contribution in [-0.4, -0.2) is 13.1 Å². The summed E-state index contributed by atoms with van der Waals surface area (Å²) >= 11 is 3.42. The van der Waals surface area contributed by atoms with Gasteiger partial charge in [0.15, 0.2) is 0 Å². The molecular weight excluding hydrogens is 252 g/mol. The molecule has 2 rings (SSSR count). The molecule has 0 bridgehead atoms. The van der Waals surface area contributed by atoms with E-state index in [1.165, 1.54) is 0 Å². The maximum atomic E-state index is 8.88. The Kier molecular flexibility index (Phi) is 3.08. The second-order valence-electron chi connectivity index (χ2n) is 3.52. The van der Waals surface area contributed by atoms with Gasteiger partial charge >= 0.3 is 0 Å². The number of halogens is 1. The first kappa shape index (κ1) is 10.3. The molecule has 0 unspecified atom stereocenters. The third kappa shape index (κ3) is 2.40. The van der Waals surface area contributed by atoms with Crippen LogP contribution in [-0.2, 0) is 0 Å². The molecule has 0 amide bonds. The van der Waals surface area contributed by atoms with Crippen molar-refractivity contribution in [3.8, 4) is 6.07 Å². The molecular formula is C12H11BrN2. The highest BCUT2D eigenvalue weighted by atomic mass is 79.9. The van der Waals surface area contributed by atoms with Gasteiger partial charge in [0.1, 0.15) is 0 Å². The van der Waals surface area contributed by atoms with E-state index in [1.807, 2.05) is 12.1 Å². The molecule has 76 valence electrons. The standard InChI is InChI=1S/C12H11BrN2/c13-11-6-10(9-14)7-12(8-11)15-4-2-1-3-5-15/h1-2,6-8H,3-5H2. The number of hydrogen-bond acceptors (Lipinski definition) is 2. The van der Waals surface area contributed by atoms with Gasteiger partial charge in [0.25, 0.3) is 0 Å². The third-order valence-corrected chi connectivity index (χ3v) is 2.89.